The molecule has 2 heterocycles. The molecule has 2 aliphatic rings. The number of benzene rings is 2. The highest BCUT2D eigenvalue weighted by Crippen LogP contribution is 2.31. The molecule has 1 saturated carbocycles. The van der Waals surface area contributed by atoms with Gasteiger partial charge in [0.05, 0.1) is 17.0 Å². The van der Waals surface area contributed by atoms with Gasteiger partial charge in [-0.25, -0.2) is 9.78 Å². The minimum atomic E-state index is -1.09. The highest BCUT2D eigenvalue weighted by atomic mass is 16.6. The summed E-state index contributed by atoms with van der Waals surface area (Å²) in [6, 6.07) is 17.1. The molecule has 10 nitrogen and oxygen atoms in total. The molecule has 1 aliphatic carbocycles. The molecule has 0 bridgehead atoms. The molecule has 0 unspecified atom stereocenters. The van der Waals surface area contributed by atoms with Crippen LogP contribution in [0.4, 0.5) is 10.7 Å². The second-order valence-electron chi connectivity index (χ2n) is 9.01. The van der Waals surface area contributed by atoms with Crippen LogP contribution in [-0.4, -0.2) is 88.9 Å². The average Bonchev–Trinajstić information content (AvgIpc) is 3.20. The molecule has 1 aliphatic heterocycles. The predicted molar refractivity (Wildman–Crippen MR) is 132 cm³/mol. The first-order chi connectivity index (χ1) is 17.5. The second kappa shape index (κ2) is 10.7. The lowest BCUT2D eigenvalue weighted by Gasteiger charge is -2.34. The number of rotatable bonds is 6. The number of aliphatic hydroxyl groups excluding tert-OH is 2. The van der Waals surface area contributed by atoms with Gasteiger partial charge in [-0.2, -0.15) is 4.98 Å². The molecule has 190 valence electrons. The fourth-order valence-electron chi connectivity index (χ4n) is 4.61. The fraction of sp³-hybridized carbons (Fsp3) is 0.423. The number of hydrogen-bond acceptors (Lipinski definition) is 9. The summed E-state index contributed by atoms with van der Waals surface area (Å²) < 4.78 is 16.8. The Kier molecular flexibility index (Phi) is 7.17. The third-order valence-corrected chi connectivity index (χ3v) is 6.72. The van der Waals surface area contributed by atoms with Crippen molar-refractivity contribution < 1.29 is 29.2 Å². The van der Waals surface area contributed by atoms with Gasteiger partial charge in [-0.05, 0) is 17.7 Å². The van der Waals surface area contributed by atoms with E-state index in [0.717, 1.165) is 5.56 Å². The van der Waals surface area contributed by atoms with Gasteiger partial charge in [-0.3, -0.25) is 0 Å². The number of aliphatic hydroxyl groups is 2. The van der Waals surface area contributed by atoms with Gasteiger partial charge >= 0.3 is 6.09 Å². The maximum Gasteiger partial charge on any atom is 0.410 e. The maximum absolute atomic E-state index is 12.5. The molecule has 1 saturated heterocycles. The predicted octanol–water partition coefficient (Wildman–Crippen LogP) is 1.98. The van der Waals surface area contributed by atoms with E-state index >= 15 is 0 Å². The van der Waals surface area contributed by atoms with Gasteiger partial charge in [0.25, 0.3) is 0 Å². The van der Waals surface area contributed by atoms with Crippen molar-refractivity contribution in [2.45, 2.75) is 37.4 Å². The van der Waals surface area contributed by atoms with Crippen molar-refractivity contribution in [2.75, 3.05) is 38.2 Å². The number of nitrogens with zero attached hydrogens (tertiary/aromatic N) is 4. The summed E-state index contributed by atoms with van der Waals surface area (Å²) in [4.78, 5) is 25.6. The lowest BCUT2D eigenvalue weighted by molar-refractivity contribution is -0.0483. The van der Waals surface area contributed by atoms with Crippen LogP contribution in [0.5, 0.6) is 5.88 Å². The van der Waals surface area contributed by atoms with Crippen molar-refractivity contribution >= 4 is 22.9 Å². The number of hydrogen-bond donors (Lipinski definition) is 2. The van der Waals surface area contributed by atoms with Crippen LogP contribution in [0.15, 0.2) is 54.6 Å². The Labute approximate surface area is 209 Å². The molecule has 10 heteroatoms. The van der Waals surface area contributed by atoms with Crippen LogP contribution in [-0.2, 0) is 16.1 Å². The van der Waals surface area contributed by atoms with Crippen LogP contribution in [0.25, 0.3) is 10.9 Å². The van der Waals surface area contributed by atoms with Crippen LogP contribution < -0.4 is 9.64 Å². The van der Waals surface area contributed by atoms with Gasteiger partial charge in [-0.15, -0.1) is 0 Å². The second-order valence-corrected chi connectivity index (χ2v) is 9.01. The third-order valence-electron chi connectivity index (χ3n) is 6.72. The molecule has 1 amide bonds. The Balaban J connectivity index is 1.27. The summed E-state index contributed by atoms with van der Waals surface area (Å²) in [7, 11) is 1.50. The van der Waals surface area contributed by atoms with E-state index in [1.807, 2.05) is 59.5 Å². The summed E-state index contributed by atoms with van der Waals surface area (Å²) in [6.45, 7) is 2.26. The zero-order chi connectivity index (χ0) is 25.1. The van der Waals surface area contributed by atoms with E-state index < -0.39 is 24.4 Å². The molecule has 0 radical (unpaired) electrons. The molecule has 5 rings (SSSR count). The summed E-state index contributed by atoms with van der Waals surface area (Å²) >= 11 is 0. The van der Waals surface area contributed by atoms with Crippen LogP contribution >= 0.6 is 0 Å². The topological polar surface area (TPSA) is 117 Å². The number of anilines is 1. The highest BCUT2D eigenvalue weighted by Gasteiger charge is 2.43. The quantitative estimate of drug-likeness (QED) is 0.530. The van der Waals surface area contributed by atoms with Gasteiger partial charge in [0.2, 0.25) is 11.8 Å². The summed E-state index contributed by atoms with van der Waals surface area (Å²) in [5, 5.41) is 21.4. The summed E-state index contributed by atoms with van der Waals surface area (Å²) in [5.41, 5.74) is 1.65. The number of para-hydroxylation sites is 1. The lowest BCUT2D eigenvalue weighted by Crippen LogP contribution is -2.49. The first kappa shape index (κ1) is 24.2. The van der Waals surface area contributed by atoms with E-state index in [2.05, 4.69) is 4.98 Å². The molecular weight excluding hydrogens is 464 g/mol. The molecule has 2 N–H and O–H groups in total. The number of methoxy groups -OCH3 is 1. The number of fused-ring (bicyclic) bond motifs is 1. The van der Waals surface area contributed by atoms with Crippen LogP contribution in [0.2, 0.25) is 0 Å². The number of piperazine rings is 1. The molecule has 36 heavy (non-hydrogen) atoms. The van der Waals surface area contributed by atoms with Crippen LogP contribution in [0.1, 0.15) is 12.0 Å². The first-order valence-corrected chi connectivity index (χ1v) is 12.1. The Morgan fingerprint density at radius 2 is 1.64 bits per heavy atom. The smallest absolute Gasteiger partial charge is 0.410 e. The summed E-state index contributed by atoms with van der Waals surface area (Å²) in [6.07, 6.45) is -3.28. The van der Waals surface area contributed by atoms with Crippen molar-refractivity contribution in [1.29, 1.82) is 0 Å². The molecule has 4 atom stereocenters. The standard InChI is InChI=1S/C26H30N4O6/c1-34-20-15-21(23(32)22(20)31)36-24-18-9-5-6-10-19(18)27-25(28-24)29-11-13-30(14-12-29)26(33)35-16-17-7-3-2-4-8-17/h2-10,20-23,31-32H,11-16H2,1H3/t20-,21+,22+,23+/m0/s1. The van der Waals surface area contributed by atoms with E-state index in [-0.39, 0.29) is 12.7 Å². The van der Waals surface area contributed by atoms with E-state index in [1.165, 1.54) is 7.11 Å². The molecular formula is C26H30N4O6. The van der Waals surface area contributed by atoms with Crippen LogP contribution in [0, 0.1) is 0 Å². The van der Waals surface area contributed by atoms with Crippen LogP contribution in [0.3, 0.4) is 0 Å². The Bertz CT molecular complexity index is 1190. The fourth-order valence-corrected chi connectivity index (χ4v) is 4.61. The van der Waals surface area contributed by atoms with E-state index in [4.69, 9.17) is 19.2 Å². The number of aromatic nitrogens is 2. The highest BCUT2D eigenvalue weighted by molar-refractivity contribution is 5.84. The van der Waals surface area contributed by atoms with Gasteiger partial charge in [0, 0.05) is 39.7 Å². The lowest BCUT2D eigenvalue weighted by atomic mass is 10.2. The zero-order valence-electron chi connectivity index (χ0n) is 20.1. The van der Waals surface area contributed by atoms with E-state index in [9.17, 15) is 15.0 Å². The van der Waals surface area contributed by atoms with Crippen molar-refractivity contribution in [3.8, 4) is 5.88 Å². The molecule has 2 aromatic carbocycles. The van der Waals surface area contributed by atoms with Gasteiger partial charge in [-0.1, -0.05) is 42.5 Å². The third kappa shape index (κ3) is 5.06. The monoisotopic (exact) mass is 494 g/mol. The normalized spacial score (nSPS) is 24.2. The molecule has 2 fully saturated rings. The summed E-state index contributed by atoms with van der Waals surface area (Å²) in [5.74, 6) is 0.825. The van der Waals surface area contributed by atoms with Gasteiger partial charge in [0.15, 0.2) is 0 Å². The van der Waals surface area contributed by atoms with Gasteiger partial charge in [0.1, 0.15) is 24.9 Å². The first-order valence-electron chi connectivity index (χ1n) is 12.1. The minimum absolute atomic E-state index is 0.236. The number of ether oxygens (including phenoxy) is 3. The van der Waals surface area contributed by atoms with Crippen molar-refractivity contribution in [3.05, 3.63) is 60.2 Å². The maximum atomic E-state index is 12.5. The van der Waals surface area contributed by atoms with E-state index in [1.54, 1.807) is 4.90 Å². The minimum Gasteiger partial charge on any atom is -0.471 e. The number of carbonyl (C=O) groups excluding carboxylic acids is 1. The Hall–Kier alpha value is -3.47. The molecule has 0 spiro atoms. The average molecular weight is 495 g/mol. The molecule has 1 aromatic heterocycles. The van der Waals surface area contributed by atoms with Crippen molar-refractivity contribution in [2.24, 2.45) is 0 Å². The van der Waals surface area contributed by atoms with Crippen molar-refractivity contribution in [1.82, 2.24) is 14.9 Å². The van der Waals surface area contributed by atoms with E-state index in [0.29, 0.717) is 55.3 Å². The Morgan fingerprint density at radius 1 is 0.944 bits per heavy atom. The van der Waals surface area contributed by atoms with Gasteiger partial charge < -0.3 is 34.2 Å². The SMILES string of the molecule is CO[C@H]1C[C@@H](Oc2nc(N3CCN(C(=O)OCc4ccccc4)CC3)nc3ccccc23)[C@@H](O)[C@@H]1O. The number of carbonyl (C=O) groups is 1. The Morgan fingerprint density at radius 3 is 2.36 bits per heavy atom. The van der Waals surface area contributed by atoms with Crippen molar-refractivity contribution in [3.63, 3.8) is 0 Å². The molecule has 3 aromatic rings. The largest absolute Gasteiger partial charge is 0.471 e. The number of amides is 1. The zero-order valence-corrected chi connectivity index (χ0v) is 20.1.